The summed E-state index contributed by atoms with van der Waals surface area (Å²) in [6.45, 7) is 5.20. The van der Waals surface area contributed by atoms with Crippen molar-refractivity contribution in [2.24, 2.45) is 0 Å². The molecule has 0 amide bonds. The van der Waals surface area contributed by atoms with Gasteiger partial charge < -0.3 is 4.74 Å². The average Bonchev–Trinajstić information content (AvgIpc) is 2.86. The van der Waals surface area contributed by atoms with Crippen LogP contribution in [0.15, 0.2) is 0 Å². The summed E-state index contributed by atoms with van der Waals surface area (Å²) in [7, 11) is 0. The van der Waals surface area contributed by atoms with Crippen LogP contribution in [-0.2, 0) is 9.53 Å². The fourth-order valence-corrected chi connectivity index (χ4v) is 5.02. The van der Waals surface area contributed by atoms with E-state index in [9.17, 15) is 4.79 Å². The van der Waals surface area contributed by atoms with Crippen molar-refractivity contribution >= 4 is 5.97 Å². The maximum Gasteiger partial charge on any atom is 0.305 e. The van der Waals surface area contributed by atoms with Gasteiger partial charge in [-0.05, 0) is 12.8 Å². The molecule has 0 saturated carbocycles. The Hall–Kier alpha value is -0.530. The van der Waals surface area contributed by atoms with E-state index in [2.05, 4.69) is 13.8 Å². The lowest BCUT2D eigenvalue weighted by Gasteiger charge is -2.06. The molecule has 0 saturated heterocycles. The summed E-state index contributed by atoms with van der Waals surface area (Å²) in [5, 5.41) is 0. The van der Waals surface area contributed by atoms with Crippen molar-refractivity contribution in [3.05, 3.63) is 0 Å². The van der Waals surface area contributed by atoms with Crippen LogP contribution >= 0.6 is 0 Å². The first-order valence-corrected chi connectivity index (χ1v) is 16.5. The highest BCUT2D eigenvalue weighted by atomic mass is 16.5. The molecule has 0 rings (SSSR count). The van der Waals surface area contributed by atoms with Gasteiger partial charge in [0.25, 0.3) is 0 Å². The first-order chi connectivity index (χ1) is 17.3. The molecule has 0 unspecified atom stereocenters. The van der Waals surface area contributed by atoms with Crippen LogP contribution in [0.2, 0.25) is 0 Å². The van der Waals surface area contributed by atoms with Crippen LogP contribution in [0.25, 0.3) is 0 Å². The Bertz CT molecular complexity index is 393. The fourth-order valence-electron chi connectivity index (χ4n) is 5.02. The van der Waals surface area contributed by atoms with Crippen LogP contribution in [0, 0.1) is 0 Å². The zero-order valence-corrected chi connectivity index (χ0v) is 24.5. The molecule has 0 spiro atoms. The highest BCUT2D eigenvalue weighted by molar-refractivity contribution is 5.69. The molecule has 0 heterocycles. The molecule has 0 N–H and O–H groups in total. The second kappa shape index (κ2) is 31.5. The highest BCUT2D eigenvalue weighted by Crippen LogP contribution is 2.15. The number of carbonyl (C=O) groups is 1. The number of carbonyl (C=O) groups excluding carboxylic acids is 1. The Balaban J connectivity index is 3.13. The summed E-state index contributed by atoms with van der Waals surface area (Å²) in [5.41, 5.74) is 0. The van der Waals surface area contributed by atoms with Crippen molar-refractivity contribution < 1.29 is 9.53 Å². The minimum atomic E-state index is 0.0260. The van der Waals surface area contributed by atoms with Gasteiger partial charge in [-0.25, -0.2) is 0 Å². The van der Waals surface area contributed by atoms with Gasteiger partial charge in [0, 0.05) is 6.42 Å². The Morgan fingerprint density at radius 3 is 0.943 bits per heavy atom. The number of hydrogen-bond acceptors (Lipinski definition) is 2. The van der Waals surface area contributed by atoms with Gasteiger partial charge >= 0.3 is 5.97 Å². The van der Waals surface area contributed by atoms with E-state index in [1.807, 2.05) is 0 Å². The molecule has 2 heteroatoms. The molecular weight excluding hydrogens is 428 g/mol. The Labute approximate surface area is 222 Å². The standard InChI is InChI=1S/C33H66O2/c1-3-5-7-9-11-13-15-17-18-19-20-22-24-26-28-30-32-35-33(34)31-29-27-25-23-21-16-14-12-10-8-6-4-2/h3-32H2,1-2H3. The van der Waals surface area contributed by atoms with E-state index in [4.69, 9.17) is 4.74 Å². The third-order valence-corrected chi connectivity index (χ3v) is 7.50. The van der Waals surface area contributed by atoms with Crippen molar-refractivity contribution in [3.63, 3.8) is 0 Å². The second-order valence-electron chi connectivity index (χ2n) is 11.2. The Morgan fingerprint density at radius 2 is 0.629 bits per heavy atom. The van der Waals surface area contributed by atoms with Gasteiger partial charge in [-0.15, -0.1) is 0 Å². The van der Waals surface area contributed by atoms with E-state index in [1.165, 1.54) is 167 Å². The van der Waals surface area contributed by atoms with Crippen molar-refractivity contribution in [2.75, 3.05) is 6.61 Å². The van der Waals surface area contributed by atoms with Crippen LogP contribution in [0.3, 0.4) is 0 Å². The molecule has 0 aliphatic rings. The van der Waals surface area contributed by atoms with Crippen LogP contribution < -0.4 is 0 Å². The van der Waals surface area contributed by atoms with Crippen LogP contribution in [0.5, 0.6) is 0 Å². The summed E-state index contributed by atoms with van der Waals surface area (Å²) in [6, 6.07) is 0. The van der Waals surface area contributed by atoms with E-state index in [-0.39, 0.29) is 5.97 Å². The largest absolute Gasteiger partial charge is 0.466 e. The lowest BCUT2D eigenvalue weighted by Crippen LogP contribution is -2.05. The van der Waals surface area contributed by atoms with E-state index >= 15 is 0 Å². The van der Waals surface area contributed by atoms with Crippen molar-refractivity contribution in [1.29, 1.82) is 0 Å². The van der Waals surface area contributed by atoms with E-state index in [0.717, 1.165) is 12.8 Å². The maximum atomic E-state index is 11.9. The summed E-state index contributed by atoms with van der Waals surface area (Å²) in [6.07, 6.45) is 38.7. The van der Waals surface area contributed by atoms with Gasteiger partial charge in [-0.2, -0.15) is 0 Å². The summed E-state index contributed by atoms with van der Waals surface area (Å²) in [5.74, 6) is 0.0260. The number of hydrogen-bond donors (Lipinski definition) is 0. The molecule has 0 aliphatic carbocycles. The monoisotopic (exact) mass is 495 g/mol. The maximum absolute atomic E-state index is 11.9. The van der Waals surface area contributed by atoms with Gasteiger partial charge in [0.1, 0.15) is 0 Å². The molecule has 0 aromatic rings. The zero-order valence-electron chi connectivity index (χ0n) is 24.5. The molecule has 0 radical (unpaired) electrons. The lowest BCUT2D eigenvalue weighted by atomic mass is 10.0. The van der Waals surface area contributed by atoms with Gasteiger partial charge in [0.2, 0.25) is 0 Å². The van der Waals surface area contributed by atoms with E-state index in [0.29, 0.717) is 13.0 Å². The minimum absolute atomic E-state index is 0.0260. The van der Waals surface area contributed by atoms with Gasteiger partial charge in [0.15, 0.2) is 0 Å². The first kappa shape index (κ1) is 34.5. The summed E-state index contributed by atoms with van der Waals surface area (Å²) < 4.78 is 5.42. The van der Waals surface area contributed by atoms with E-state index < -0.39 is 0 Å². The highest BCUT2D eigenvalue weighted by Gasteiger charge is 2.02. The normalized spacial score (nSPS) is 11.3. The quantitative estimate of drug-likeness (QED) is 0.0732. The smallest absolute Gasteiger partial charge is 0.305 e. The molecule has 0 atom stereocenters. The van der Waals surface area contributed by atoms with Gasteiger partial charge in [0.05, 0.1) is 6.61 Å². The molecule has 210 valence electrons. The van der Waals surface area contributed by atoms with E-state index in [1.54, 1.807) is 0 Å². The lowest BCUT2D eigenvalue weighted by molar-refractivity contribution is -0.143. The van der Waals surface area contributed by atoms with Crippen LogP contribution in [0.4, 0.5) is 0 Å². The predicted molar refractivity (Wildman–Crippen MR) is 156 cm³/mol. The minimum Gasteiger partial charge on any atom is -0.466 e. The zero-order chi connectivity index (χ0) is 25.5. The molecule has 0 aromatic carbocycles. The van der Waals surface area contributed by atoms with Crippen LogP contribution in [-0.4, -0.2) is 12.6 Å². The van der Waals surface area contributed by atoms with Gasteiger partial charge in [-0.1, -0.05) is 181 Å². The third kappa shape index (κ3) is 31.4. The Morgan fingerprint density at radius 1 is 0.371 bits per heavy atom. The number of rotatable bonds is 30. The predicted octanol–water partition coefficient (Wildman–Crippen LogP) is 11.9. The van der Waals surface area contributed by atoms with Crippen LogP contribution in [0.1, 0.15) is 200 Å². The van der Waals surface area contributed by atoms with Crippen molar-refractivity contribution in [3.8, 4) is 0 Å². The Kier molecular flexibility index (Phi) is 31.0. The fraction of sp³-hybridized carbons (Fsp3) is 0.970. The summed E-state index contributed by atoms with van der Waals surface area (Å²) >= 11 is 0. The first-order valence-electron chi connectivity index (χ1n) is 16.5. The molecule has 0 aliphatic heterocycles. The number of unbranched alkanes of at least 4 members (excludes halogenated alkanes) is 26. The molecule has 0 bridgehead atoms. The number of esters is 1. The molecule has 35 heavy (non-hydrogen) atoms. The topological polar surface area (TPSA) is 26.3 Å². The summed E-state index contributed by atoms with van der Waals surface area (Å²) in [4.78, 5) is 11.9. The molecule has 0 aromatic heterocycles. The molecule has 0 fully saturated rings. The van der Waals surface area contributed by atoms with Crippen molar-refractivity contribution in [1.82, 2.24) is 0 Å². The third-order valence-electron chi connectivity index (χ3n) is 7.50. The number of ether oxygens (including phenoxy) is 1. The van der Waals surface area contributed by atoms with Gasteiger partial charge in [-0.3, -0.25) is 4.79 Å². The average molecular weight is 495 g/mol. The van der Waals surface area contributed by atoms with Crippen molar-refractivity contribution in [2.45, 2.75) is 200 Å². The molecular formula is C33H66O2. The second-order valence-corrected chi connectivity index (χ2v) is 11.2. The SMILES string of the molecule is CCCCCCCCCCCCCCCCCCOC(=O)CCCCCCCCCCCCCC. The molecule has 2 nitrogen and oxygen atoms in total.